The van der Waals surface area contributed by atoms with Crippen LogP contribution in [0.25, 0.3) is 32.6 Å². The Balaban J connectivity index is 1.13. The highest BCUT2D eigenvalue weighted by molar-refractivity contribution is 7.19. The van der Waals surface area contributed by atoms with Gasteiger partial charge in [-0.3, -0.25) is 4.79 Å². The van der Waals surface area contributed by atoms with E-state index in [0.29, 0.717) is 5.82 Å². The summed E-state index contributed by atoms with van der Waals surface area (Å²) in [5, 5.41) is 13.5. The van der Waals surface area contributed by atoms with Crippen LogP contribution in [0.4, 0.5) is 0 Å². The second-order valence-electron chi connectivity index (χ2n) is 10.9. The molecule has 226 valence electrons. The van der Waals surface area contributed by atoms with E-state index in [1.807, 2.05) is 78.9 Å². The molecule has 0 bridgehead atoms. The van der Waals surface area contributed by atoms with E-state index < -0.39 is 12.0 Å². The smallest absolute Gasteiger partial charge is 0.326 e. The zero-order chi connectivity index (χ0) is 30.7. The van der Waals surface area contributed by atoms with Crippen LogP contribution in [0.2, 0.25) is 0 Å². The number of hydrogen-bond donors (Lipinski definition) is 2. The predicted molar refractivity (Wildman–Crippen MR) is 176 cm³/mol. The van der Waals surface area contributed by atoms with Crippen molar-refractivity contribution in [2.75, 3.05) is 6.61 Å². The summed E-state index contributed by atoms with van der Waals surface area (Å²) in [7, 11) is 0. The molecule has 3 aromatic carbocycles. The number of aliphatic carboxylic acids is 1. The van der Waals surface area contributed by atoms with Crippen LogP contribution in [0, 0.1) is 0 Å². The molecular weight excluding hydrogens is 570 g/mol. The third-order valence-corrected chi connectivity index (χ3v) is 8.57. The zero-order valence-corrected chi connectivity index (χ0v) is 25.7. The van der Waals surface area contributed by atoms with E-state index in [1.54, 1.807) is 23.7 Å². The van der Waals surface area contributed by atoms with Gasteiger partial charge < -0.3 is 15.2 Å². The van der Waals surface area contributed by atoms with E-state index in [0.717, 1.165) is 56.0 Å². The highest BCUT2D eigenvalue weighted by Crippen LogP contribution is 2.26. The Morgan fingerprint density at radius 3 is 2.27 bits per heavy atom. The molecular formula is C36H37N3O4S. The minimum Gasteiger partial charge on any atom is -0.494 e. The number of amides is 1. The number of carbonyl (C=O) groups excluding carboxylic acids is 1. The molecule has 1 unspecified atom stereocenters. The summed E-state index contributed by atoms with van der Waals surface area (Å²) in [5.41, 5.74) is 3.54. The van der Waals surface area contributed by atoms with E-state index in [9.17, 15) is 14.7 Å². The van der Waals surface area contributed by atoms with Gasteiger partial charge in [-0.05, 0) is 47.2 Å². The molecule has 0 fully saturated rings. The maximum atomic E-state index is 12.7. The summed E-state index contributed by atoms with van der Waals surface area (Å²) in [4.78, 5) is 34.6. The molecule has 1 atom stereocenters. The van der Waals surface area contributed by atoms with Gasteiger partial charge in [0.15, 0.2) is 5.82 Å². The van der Waals surface area contributed by atoms with Crippen LogP contribution >= 0.6 is 11.3 Å². The number of thiophene rings is 1. The lowest BCUT2D eigenvalue weighted by atomic mass is 10.0. The van der Waals surface area contributed by atoms with Crippen molar-refractivity contribution in [2.24, 2.45) is 0 Å². The lowest BCUT2D eigenvalue weighted by Gasteiger charge is -2.14. The van der Waals surface area contributed by atoms with Crippen molar-refractivity contribution in [2.45, 2.75) is 57.9 Å². The van der Waals surface area contributed by atoms with E-state index in [-0.39, 0.29) is 18.7 Å². The second kappa shape index (κ2) is 15.3. The van der Waals surface area contributed by atoms with Crippen molar-refractivity contribution >= 4 is 33.3 Å². The first kappa shape index (κ1) is 30.9. The molecule has 2 aromatic heterocycles. The summed E-state index contributed by atoms with van der Waals surface area (Å²) in [5.74, 6) is 0.0613. The number of nitrogens with one attached hydrogen (secondary N) is 1. The van der Waals surface area contributed by atoms with Gasteiger partial charge in [0, 0.05) is 39.5 Å². The molecule has 5 rings (SSSR count). The van der Waals surface area contributed by atoms with Crippen LogP contribution in [0.1, 0.15) is 49.5 Å². The molecule has 0 aliphatic heterocycles. The molecule has 1 amide bonds. The first-order valence-corrected chi connectivity index (χ1v) is 15.9. The largest absolute Gasteiger partial charge is 0.494 e. The number of hydrogen-bond acceptors (Lipinski definition) is 6. The number of carboxylic acids is 1. The van der Waals surface area contributed by atoms with Gasteiger partial charge in [0.2, 0.25) is 5.91 Å². The Kier molecular flexibility index (Phi) is 10.7. The summed E-state index contributed by atoms with van der Waals surface area (Å²) in [6.07, 6.45) is 9.97. The van der Waals surface area contributed by atoms with Crippen LogP contribution in [0.3, 0.4) is 0 Å². The van der Waals surface area contributed by atoms with E-state index in [4.69, 9.17) is 4.74 Å². The third kappa shape index (κ3) is 8.51. The molecule has 7 nitrogen and oxygen atoms in total. The van der Waals surface area contributed by atoms with Gasteiger partial charge in [-0.25, -0.2) is 14.8 Å². The van der Waals surface area contributed by atoms with Gasteiger partial charge in [-0.2, -0.15) is 0 Å². The van der Waals surface area contributed by atoms with Crippen LogP contribution in [-0.2, 0) is 22.4 Å². The number of carboxylic acid groups (broad SMARTS) is 1. The Labute approximate surface area is 262 Å². The highest BCUT2D eigenvalue weighted by atomic mass is 32.1. The number of aromatic nitrogens is 2. The number of fused-ring (bicyclic) bond motifs is 1. The molecule has 0 radical (unpaired) electrons. The fourth-order valence-corrected chi connectivity index (χ4v) is 6.08. The van der Waals surface area contributed by atoms with Gasteiger partial charge in [0.25, 0.3) is 0 Å². The molecule has 2 N–H and O–H groups in total. The van der Waals surface area contributed by atoms with Crippen molar-refractivity contribution in [3.05, 3.63) is 102 Å². The number of rotatable bonds is 15. The zero-order valence-electron chi connectivity index (χ0n) is 24.9. The molecule has 0 aliphatic carbocycles. The maximum Gasteiger partial charge on any atom is 0.326 e. The Morgan fingerprint density at radius 1 is 0.864 bits per heavy atom. The highest BCUT2D eigenvalue weighted by Gasteiger charge is 2.21. The number of carbonyl (C=O) groups is 2. The van der Waals surface area contributed by atoms with Crippen molar-refractivity contribution in [1.29, 1.82) is 0 Å². The molecule has 0 spiro atoms. The molecule has 44 heavy (non-hydrogen) atoms. The van der Waals surface area contributed by atoms with Crippen LogP contribution in [0.15, 0.2) is 91.3 Å². The first-order chi connectivity index (χ1) is 21.5. The van der Waals surface area contributed by atoms with Crippen LogP contribution < -0.4 is 10.1 Å². The number of nitrogens with zero attached hydrogens (tertiary/aromatic N) is 2. The maximum absolute atomic E-state index is 12.7. The molecule has 5 aromatic rings. The normalized spacial score (nSPS) is 11.8. The van der Waals surface area contributed by atoms with Crippen molar-refractivity contribution in [3.63, 3.8) is 0 Å². The average Bonchev–Trinajstić information content (AvgIpc) is 3.45. The quantitative estimate of drug-likeness (QED) is 0.118. The Hall–Kier alpha value is -4.56. The van der Waals surface area contributed by atoms with E-state index in [1.165, 1.54) is 25.7 Å². The topological polar surface area (TPSA) is 101 Å². The summed E-state index contributed by atoms with van der Waals surface area (Å²) >= 11 is 1.54. The summed E-state index contributed by atoms with van der Waals surface area (Å²) < 4.78 is 6.97. The molecule has 0 saturated carbocycles. The predicted octanol–water partition coefficient (Wildman–Crippen LogP) is 7.73. The van der Waals surface area contributed by atoms with Crippen molar-refractivity contribution < 1.29 is 19.4 Å². The summed E-state index contributed by atoms with van der Waals surface area (Å²) in [6.45, 7) is 2.95. The third-order valence-electron chi connectivity index (χ3n) is 7.45. The summed E-state index contributed by atoms with van der Waals surface area (Å²) in [6, 6.07) is 24.3. The standard InChI is InChI=1S/C36H37N3O4S/c1-2-3-4-5-8-19-43-30-17-15-26(16-18-30)29-23-37-35(38-24-29)27-13-11-25(12-14-27)20-32(36(41)42)39-34(40)22-31-21-28-9-6-7-10-33(28)44-31/h6-7,9-18,21,23-24,32H,2-5,8,19-20,22H2,1H3,(H,39,40)(H,41,42). The first-order valence-electron chi connectivity index (χ1n) is 15.1. The minimum atomic E-state index is -1.07. The lowest BCUT2D eigenvalue weighted by Crippen LogP contribution is -2.42. The Bertz CT molecular complexity index is 1630. The fourth-order valence-electron chi connectivity index (χ4n) is 5.02. The SMILES string of the molecule is CCCCCCCOc1ccc(-c2cnc(-c3ccc(CC(NC(=O)Cc4cc5ccccc5s4)C(=O)O)cc3)nc2)cc1. The van der Waals surface area contributed by atoms with Gasteiger partial charge in [0.1, 0.15) is 11.8 Å². The number of ether oxygens (including phenoxy) is 1. The molecule has 8 heteroatoms. The second-order valence-corrected chi connectivity index (χ2v) is 12.0. The molecule has 0 aliphatic rings. The average molecular weight is 608 g/mol. The lowest BCUT2D eigenvalue weighted by molar-refractivity contribution is -0.141. The van der Waals surface area contributed by atoms with Gasteiger partial charge in [-0.1, -0.05) is 87.2 Å². The molecule has 0 saturated heterocycles. The van der Waals surface area contributed by atoms with Gasteiger partial charge in [-0.15, -0.1) is 11.3 Å². The van der Waals surface area contributed by atoms with E-state index in [2.05, 4.69) is 22.2 Å². The number of unbranched alkanes of at least 4 members (excludes halogenated alkanes) is 4. The van der Waals surface area contributed by atoms with E-state index >= 15 is 0 Å². The monoisotopic (exact) mass is 607 g/mol. The van der Waals surface area contributed by atoms with Gasteiger partial charge >= 0.3 is 5.97 Å². The minimum absolute atomic E-state index is 0.145. The van der Waals surface area contributed by atoms with Gasteiger partial charge in [0.05, 0.1) is 13.0 Å². The Morgan fingerprint density at radius 2 is 1.57 bits per heavy atom. The van der Waals surface area contributed by atoms with Crippen LogP contribution in [-0.4, -0.2) is 39.6 Å². The van der Waals surface area contributed by atoms with Crippen molar-refractivity contribution in [3.8, 4) is 28.3 Å². The fraction of sp³-hybridized carbons (Fsp3) is 0.278. The molecule has 2 heterocycles. The number of benzene rings is 3. The van der Waals surface area contributed by atoms with Crippen molar-refractivity contribution in [1.82, 2.24) is 15.3 Å². The van der Waals surface area contributed by atoms with Crippen LogP contribution in [0.5, 0.6) is 5.75 Å².